The normalized spacial score (nSPS) is 12.0. The van der Waals surface area contributed by atoms with Crippen LogP contribution in [0.5, 0.6) is 0 Å². The molecule has 398 valence electrons. The Hall–Kier alpha value is -1.59. The van der Waals surface area contributed by atoms with Gasteiger partial charge in [0.25, 0.3) is 0 Å². The highest BCUT2D eigenvalue weighted by molar-refractivity contribution is 5.71. The van der Waals surface area contributed by atoms with Crippen LogP contribution in [0.15, 0.2) is 0 Å². The van der Waals surface area contributed by atoms with Gasteiger partial charge in [-0.15, -0.1) is 0 Å². The van der Waals surface area contributed by atoms with Gasteiger partial charge >= 0.3 is 17.9 Å². The highest BCUT2D eigenvalue weighted by atomic mass is 16.6. The van der Waals surface area contributed by atoms with Crippen molar-refractivity contribution >= 4 is 17.9 Å². The second-order valence-corrected chi connectivity index (χ2v) is 21.9. The third-order valence-corrected chi connectivity index (χ3v) is 14.0. The van der Waals surface area contributed by atoms with E-state index in [-0.39, 0.29) is 31.1 Å². The molecule has 0 fully saturated rings. The molecule has 0 rings (SSSR count). The lowest BCUT2D eigenvalue weighted by Crippen LogP contribution is -2.30. The predicted octanol–water partition coefficient (Wildman–Crippen LogP) is 20.0. The van der Waals surface area contributed by atoms with Crippen molar-refractivity contribution in [2.45, 2.75) is 349 Å². The maximum atomic E-state index is 12.9. The molecule has 0 saturated heterocycles. The van der Waals surface area contributed by atoms with Crippen LogP contribution in [-0.4, -0.2) is 37.2 Å². The van der Waals surface area contributed by atoms with Crippen molar-refractivity contribution in [2.75, 3.05) is 13.2 Å². The van der Waals surface area contributed by atoms with Crippen LogP contribution < -0.4 is 0 Å². The van der Waals surface area contributed by atoms with Gasteiger partial charge in [-0.05, 0) is 31.1 Å². The summed E-state index contributed by atoms with van der Waals surface area (Å²) in [6, 6.07) is 0. The van der Waals surface area contributed by atoms with Crippen molar-refractivity contribution in [3.63, 3.8) is 0 Å². The quantitative estimate of drug-likeness (QED) is 0.0343. The molecule has 0 aliphatic rings. The Balaban J connectivity index is 4.27. The minimum Gasteiger partial charge on any atom is -0.462 e. The van der Waals surface area contributed by atoms with Crippen LogP contribution >= 0.6 is 0 Å². The Bertz CT molecular complexity index is 1020. The molecule has 6 heteroatoms. The van der Waals surface area contributed by atoms with Crippen LogP contribution in [0.25, 0.3) is 0 Å². The van der Waals surface area contributed by atoms with E-state index in [0.717, 1.165) is 69.6 Å². The van der Waals surface area contributed by atoms with Crippen molar-refractivity contribution in [2.24, 2.45) is 11.8 Å². The monoisotopic (exact) mass is 947 g/mol. The van der Waals surface area contributed by atoms with Gasteiger partial charge in [0, 0.05) is 19.3 Å². The lowest BCUT2D eigenvalue weighted by Gasteiger charge is -2.18. The fourth-order valence-electron chi connectivity index (χ4n) is 9.40. The van der Waals surface area contributed by atoms with Crippen molar-refractivity contribution < 1.29 is 28.6 Å². The number of unbranched alkanes of at least 4 members (excludes halogenated alkanes) is 40. The van der Waals surface area contributed by atoms with E-state index in [0.29, 0.717) is 19.3 Å². The Morgan fingerprint density at radius 1 is 0.284 bits per heavy atom. The first kappa shape index (κ1) is 65.4. The van der Waals surface area contributed by atoms with Crippen molar-refractivity contribution in [1.82, 2.24) is 0 Å². The summed E-state index contributed by atoms with van der Waals surface area (Å²) in [4.78, 5) is 38.2. The van der Waals surface area contributed by atoms with E-state index in [4.69, 9.17) is 14.2 Å². The van der Waals surface area contributed by atoms with Crippen LogP contribution in [0.3, 0.4) is 0 Å². The molecule has 67 heavy (non-hydrogen) atoms. The van der Waals surface area contributed by atoms with Gasteiger partial charge in [0.1, 0.15) is 13.2 Å². The number of hydrogen-bond donors (Lipinski definition) is 0. The summed E-state index contributed by atoms with van der Waals surface area (Å²) in [6.07, 6.45) is 58.1. The van der Waals surface area contributed by atoms with Gasteiger partial charge in [0.05, 0.1) is 0 Å². The van der Waals surface area contributed by atoms with Gasteiger partial charge in [-0.2, -0.15) is 0 Å². The molecule has 6 nitrogen and oxygen atoms in total. The Morgan fingerprint density at radius 2 is 0.493 bits per heavy atom. The Morgan fingerprint density at radius 3 is 0.731 bits per heavy atom. The summed E-state index contributed by atoms with van der Waals surface area (Å²) in [5.74, 6) is 0.861. The van der Waals surface area contributed by atoms with Gasteiger partial charge in [0.2, 0.25) is 0 Å². The molecular weight excluding hydrogens is 829 g/mol. The minimum atomic E-state index is -0.763. The average molecular weight is 948 g/mol. The fourth-order valence-corrected chi connectivity index (χ4v) is 9.40. The highest BCUT2D eigenvalue weighted by Gasteiger charge is 2.19. The molecular formula is C61H118O6. The zero-order valence-corrected chi connectivity index (χ0v) is 46.0. The zero-order valence-electron chi connectivity index (χ0n) is 46.0. The van der Waals surface area contributed by atoms with Gasteiger partial charge in [-0.3, -0.25) is 14.4 Å². The third-order valence-electron chi connectivity index (χ3n) is 14.0. The number of carbonyl (C=O) groups excluding carboxylic acids is 3. The van der Waals surface area contributed by atoms with E-state index in [1.54, 1.807) is 0 Å². The summed E-state index contributed by atoms with van der Waals surface area (Å²) in [6.45, 7) is 11.4. The largest absolute Gasteiger partial charge is 0.462 e. The first-order chi connectivity index (χ1) is 32.7. The molecule has 0 aromatic carbocycles. The summed E-state index contributed by atoms with van der Waals surface area (Å²) in [5.41, 5.74) is 0. The van der Waals surface area contributed by atoms with E-state index in [9.17, 15) is 14.4 Å². The van der Waals surface area contributed by atoms with Crippen molar-refractivity contribution in [1.29, 1.82) is 0 Å². The Kier molecular flexibility index (Phi) is 52.5. The first-order valence-corrected chi connectivity index (χ1v) is 30.2. The maximum Gasteiger partial charge on any atom is 0.306 e. The SMILES string of the molecule is CCCCCCCCCCCCCCCC(=O)OC[C@@H](COC(=O)CCCCCCCCCCCCCCCCCCC(C)C)OC(=O)CCCCCCCCCCCCCCCCC(C)C. The number of esters is 3. The zero-order chi connectivity index (χ0) is 48.9. The van der Waals surface area contributed by atoms with Crippen LogP contribution in [0, 0.1) is 11.8 Å². The second kappa shape index (κ2) is 53.8. The minimum absolute atomic E-state index is 0.0622. The molecule has 0 heterocycles. The van der Waals surface area contributed by atoms with Gasteiger partial charge < -0.3 is 14.2 Å². The molecule has 0 aromatic heterocycles. The van der Waals surface area contributed by atoms with Gasteiger partial charge in [-0.1, -0.05) is 304 Å². The number of rotatable bonds is 55. The lowest BCUT2D eigenvalue weighted by molar-refractivity contribution is -0.167. The summed E-state index contributed by atoms with van der Waals surface area (Å²) >= 11 is 0. The fraction of sp³-hybridized carbons (Fsp3) is 0.951. The van der Waals surface area contributed by atoms with Crippen LogP contribution in [-0.2, 0) is 28.6 Å². The summed E-state index contributed by atoms with van der Waals surface area (Å²) < 4.78 is 16.9. The van der Waals surface area contributed by atoms with E-state index >= 15 is 0 Å². The van der Waals surface area contributed by atoms with Crippen LogP contribution in [0.4, 0.5) is 0 Å². The molecule has 0 radical (unpaired) electrons. The molecule has 0 unspecified atom stereocenters. The predicted molar refractivity (Wildman–Crippen MR) is 289 cm³/mol. The lowest BCUT2D eigenvalue weighted by atomic mass is 10.0. The number of carbonyl (C=O) groups is 3. The van der Waals surface area contributed by atoms with E-state index < -0.39 is 6.10 Å². The average Bonchev–Trinajstić information content (AvgIpc) is 3.30. The standard InChI is InChI=1S/C61H118O6/c1-6-7-8-9-10-11-12-19-26-31-36-41-46-51-59(62)65-54-58(67-61(64)53-48-43-38-33-28-23-18-17-21-25-30-35-40-45-50-57(4)5)55-66-60(63)52-47-42-37-32-27-22-16-14-13-15-20-24-29-34-39-44-49-56(2)3/h56-58H,6-55H2,1-5H3/t58-/m0/s1. The molecule has 0 aliphatic carbocycles. The third kappa shape index (κ3) is 55.2. The Labute approximate surface area is 418 Å². The van der Waals surface area contributed by atoms with Crippen molar-refractivity contribution in [3.8, 4) is 0 Å². The molecule has 0 aromatic rings. The van der Waals surface area contributed by atoms with Crippen LogP contribution in [0.2, 0.25) is 0 Å². The maximum absolute atomic E-state index is 12.9. The summed E-state index contributed by atoms with van der Waals surface area (Å²) in [5, 5.41) is 0. The smallest absolute Gasteiger partial charge is 0.306 e. The molecule has 0 aliphatic heterocycles. The summed E-state index contributed by atoms with van der Waals surface area (Å²) in [7, 11) is 0. The van der Waals surface area contributed by atoms with E-state index in [1.165, 1.54) is 231 Å². The first-order valence-electron chi connectivity index (χ1n) is 30.2. The van der Waals surface area contributed by atoms with E-state index in [1.807, 2.05) is 0 Å². The second-order valence-electron chi connectivity index (χ2n) is 21.9. The van der Waals surface area contributed by atoms with E-state index in [2.05, 4.69) is 34.6 Å². The molecule has 0 bridgehead atoms. The van der Waals surface area contributed by atoms with Gasteiger partial charge in [-0.25, -0.2) is 0 Å². The van der Waals surface area contributed by atoms with Gasteiger partial charge in [0.15, 0.2) is 6.10 Å². The van der Waals surface area contributed by atoms with Crippen molar-refractivity contribution in [3.05, 3.63) is 0 Å². The van der Waals surface area contributed by atoms with Crippen LogP contribution in [0.1, 0.15) is 343 Å². The molecule has 0 saturated carbocycles. The molecule has 0 amide bonds. The topological polar surface area (TPSA) is 78.9 Å². The highest BCUT2D eigenvalue weighted by Crippen LogP contribution is 2.18. The molecule has 1 atom stereocenters. The molecule has 0 spiro atoms. The number of hydrogen-bond acceptors (Lipinski definition) is 6. The number of ether oxygens (including phenoxy) is 3. The molecule has 0 N–H and O–H groups in total.